The van der Waals surface area contributed by atoms with Crippen LogP contribution in [0.1, 0.15) is 20.8 Å². The van der Waals surface area contributed by atoms with Gasteiger partial charge in [0.25, 0.3) is 10.0 Å². The Morgan fingerprint density at radius 1 is 1.04 bits per heavy atom. The Morgan fingerprint density at radius 2 is 1.71 bits per heavy atom. The molecule has 2 N–H and O–H groups in total. The van der Waals surface area contributed by atoms with Gasteiger partial charge in [0, 0.05) is 10.9 Å². The molecule has 0 bridgehead atoms. The van der Waals surface area contributed by atoms with Crippen LogP contribution in [0.2, 0.25) is 0 Å². The number of carbonyl (C=O) groups is 2. The fraction of sp³-hybridized carbons (Fsp3) is 0.111. The summed E-state index contributed by atoms with van der Waals surface area (Å²) in [6.45, 7) is 0. The van der Waals surface area contributed by atoms with E-state index in [9.17, 15) is 22.4 Å². The Kier molecular flexibility index (Phi) is 5.06. The molecule has 0 aliphatic carbocycles. The van der Waals surface area contributed by atoms with E-state index in [1.54, 1.807) is 0 Å². The molecular weight excluding hydrogens is 391 g/mol. The summed E-state index contributed by atoms with van der Waals surface area (Å²) in [5.74, 6) is -2.33. The molecule has 2 aromatic carbocycles. The van der Waals surface area contributed by atoms with E-state index in [1.165, 1.54) is 30.3 Å². The topological polar surface area (TPSA) is 115 Å². The monoisotopic (exact) mass is 406 g/mol. The molecule has 0 saturated carbocycles. The minimum Gasteiger partial charge on any atom is -0.465 e. The van der Waals surface area contributed by atoms with E-state index in [0.29, 0.717) is 5.52 Å². The average Bonchev–Trinajstić information content (AvgIpc) is 3.03. The first-order valence-electron chi connectivity index (χ1n) is 7.88. The maximum Gasteiger partial charge on any atom is 0.356 e. The highest BCUT2D eigenvalue weighted by Gasteiger charge is 2.27. The van der Waals surface area contributed by atoms with E-state index in [0.717, 1.165) is 26.4 Å². The van der Waals surface area contributed by atoms with Crippen molar-refractivity contribution in [2.75, 3.05) is 18.9 Å². The molecule has 0 fully saturated rings. The smallest absolute Gasteiger partial charge is 0.356 e. The number of methoxy groups -OCH3 is 2. The predicted octanol–water partition coefficient (Wildman–Crippen LogP) is 2.68. The normalized spacial score (nSPS) is 11.2. The van der Waals surface area contributed by atoms with Gasteiger partial charge in [-0.3, -0.25) is 4.72 Å². The summed E-state index contributed by atoms with van der Waals surface area (Å²) in [4.78, 5) is 26.3. The van der Waals surface area contributed by atoms with E-state index >= 15 is 0 Å². The second-order valence-corrected chi connectivity index (χ2v) is 7.30. The Morgan fingerprint density at radius 3 is 2.39 bits per heavy atom. The lowest BCUT2D eigenvalue weighted by atomic mass is 10.2. The van der Waals surface area contributed by atoms with Gasteiger partial charge in [-0.15, -0.1) is 0 Å². The highest BCUT2D eigenvalue weighted by molar-refractivity contribution is 7.92. The standard InChI is InChI=1S/C18H15FN2O6S/c1-26-17(22)11-5-3-4-6-14(11)28(24,25)21-15-12-9-10(19)7-8-13(12)20-16(15)18(23)27-2/h3-9,20-21H,1-2H3. The largest absolute Gasteiger partial charge is 0.465 e. The summed E-state index contributed by atoms with van der Waals surface area (Å²) in [5.41, 5.74) is -0.271. The third kappa shape index (κ3) is 3.41. The number of hydrogen-bond donors (Lipinski definition) is 2. The fourth-order valence-electron chi connectivity index (χ4n) is 2.69. The van der Waals surface area contributed by atoms with Crippen LogP contribution in [0.4, 0.5) is 10.1 Å². The lowest BCUT2D eigenvalue weighted by Crippen LogP contribution is -2.19. The van der Waals surface area contributed by atoms with Gasteiger partial charge < -0.3 is 14.5 Å². The van der Waals surface area contributed by atoms with Crippen LogP contribution in [0.3, 0.4) is 0 Å². The number of aromatic nitrogens is 1. The molecule has 0 aliphatic heterocycles. The molecule has 0 unspecified atom stereocenters. The van der Waals surface area contributed by atoms with E-state index in [-0.39, 0.29) is 27.2 Å². The third-order valence-electron chi connectivity index (χ3n) is 3.97. The van der Waals surface area contributed by atoms with Crippen LogP contribution in [-0.4, -0.2) is 39.6 Å². The molecule has 1 heterocycles. The van der Waals surface area contributed by atoms with Crippen molar-refractivity contribution in [2.45, 2.75) is 4.90 Å². The number of nitrogens with one attached hydrogen (secondary N) is 2. The lowest BCUT2D eigenvalue weighted by Gasteiger charge is -2.12. The van der Waals surface area contributed by atoms with E-state index < -0.39 is 27.8 Å². The highest BCUT2D eigenvalue weighted by Crippen LogP contribution is 2.31. The van der Waals surface area contributed by atoms with Crippen LogP contribution in [0.25, 0.3) is 10.9 Å². The van der Waals surface area contributed by atoms with Crippen molar-refractivity contribution in [1.82, 2.24) is 4.98 Å². The molecule has 28 heavy (non-hydrogen) atoms. The molecule has 0 radical (unpaired) electrons. The molecule has 0 atom stereocenters. The summed E-state index contributed by atoms with van der Waals surface area (Å²) in [6.07, 6.45) is 0. The maximum absolute atomic E-state index is 13.7. The molecule has 3 rings (SSSR count). The second-order valence-electron chi connectivity index (χ2n) is 5.65. The van der Waals surface area contributed by atoms with Gasteiger partial charge in [0.05, 0.1) is 25.5 Å². The van der Waals surface area contributed by atoms with Crippen molar-refractivity contribution in [3.63, 3.8) is 0 Å². The summed E-state index contributed by atoms with van der Waals surface area (Å²) in [7, 11) is -2.09. The van der Waals surface area contributed by atoms with Crippen LogP contribution in [0.15, 0.2) is 47.4 Å². The van der Waals surface area contributed by atoms with E-state index in [1.807, 2.05) is 0 Å². The molecule has 10 heteroatoms. The zero-order chi connectivity index (χ0) is 20.5. The Hall–Kier alpha value is -3.40. The summed E-state index contributed by atoms with van der Waals surface area (Å²) < 4.78 is 51.1. The predicted molar refractivity (Wildman–Crippen MR) is 98.2 cm³/mol. The lowest BCUT2D eigenvalue weighted by molar-refractivity contribution is 0.0587. The fourth-order valence-corrected chi connectivity index (χ4v) is 3.98. The van der Waals surface area contributed by atoms with Crippen LogP contribution in [-0.2, 0) is 19.5 Å². The summed E-state index contributed by atoms with van der Waals surface area (Å²) in [6, 6.07) is 8.99. The van der Waals surface area contributed by atoms with Gasteiger partial charge in [-0.1, -0.05) is 12.1 Å². The number of sulfonamides is 1. The van der Waals surface area contributed by atoms with Crippen LogP contribution < -0.4 is 4.72 Å². The van der Waals surface area contributed by atoms with Crippen molar-refractivity contribution >= 4 is 38.6 Å². The first kappa shape index (κ1) is 19.4. The number of esters is 2. The molecule has 0 saturated heterocycles. The van der Waals surface area contributed by atoms with Gasteiger partial charge in [0.15, 0.2) is 5.69 Å². The van der Waals surface area contributed by atoms with Crippen molar-refractivity contribution in [3.05, 3.63) is 59.5 Å². The van der Waals surface area contributed by atoms with Crippen molar-refractivity contribution in [2.24, 2.45) is 0 Å². The number of rotatable bonds is 5. The van der Waals surface area contributed by atoms with Gasteiger partial charge in [0.1, 0.15) is 10.7 Å². The molecule has 146 valence electrons. The minimum absolute atomic E-state index is 0.125. The number of hydrogen-bond acceptors (Lipinski definition) is 6. The van der Waals surface area contributed by atoms with Crippen LogP contribution in [0.5, 0.6) is 0 Å². The number of anilines is 1. The molecular formula is C18H15FN2O6S. The molecule has 0 amide bonds. The number of carbonyl (C=O) groups excluding carboxylic acids is 2. The molecule has 3 aromatic rings. The van der Waals surface area contributed by atoms with E-state index in [2.05, 4.69) is 19.2 Å². The van der Waals surface area contributed by atoms with Crippen LogP contribution >= 0.6 is 0 Å². The Bertz CT molecular complexity index is 1190. The minimum atomic E-state index is -4.34. The van der Waals surface area contributed by atoms with Crippen molar-refractivity contribution in [1.29, 1.82) is 0 Å². The van der Waals surface area contributed by atoms with Crippen LogP contribution in [0, 0.1) is 5.82 Å². The molecule has 0 aliphatic rings. The first-order chi connectivity index (χ1) is 13.3. The Balaban J connectivity index is 2.18. The SMILES string of the molecule is COC(=O)c1ccccc1S(=O)(=O)Nc1c(C(=O)OC)[nH]c2ccc(F)cc12. The molecule has 0 spiro atoms. The number of fused-ring (bicyclic) bond motifs is 1. The molecule has 8 nitrogen and oxygen atoms in total. The van der Waals surface area contributed by atoms with Gasteiger partial charge in [-0.25, -0.2) is 22.4 Å². The number of ether oxygens (including phenoxy) is 2. The number of H-pyrrole nitrogens is 1. The quantitative estimate of drug-likeness (QED) is 0.630. The zero-order valence-corrected chi connectivity index (χ0v) is 15.6. The number of benzene rings is 2. The third-order valence-corrected chi connectivity index (χ3v) is 5.38. The average molecular weight is 406 g/mol. The van der Waals surface area contributed by atoms with E-state index in [4.69, 9.17) is 0 Å². The van der Waals surface area contributed by atoms with Gasteiger partial charge in [-0.05, 0) is 30.3 Å². The maximum atomic E-state index is 13.7. The number of aromatic amines is 1. The number of halogens is 1. The van der Waals surface area contributed by atoms with Crippen molar-refractivity contribution in [3.8, 4) is 0 Å². The Labute approximate surface area is 159 Å². The first-order valence-corrected chi connectivity index (χ1v) is 9.36. The highest BCUT2D eigenvalue weighted by atomic mass is 32.2. The van der Waals surface area contributed by atoms with Crippen molar-refractivity contribution < 1.29 is 31.9 Å². The van der Waals surface area contributed by atoms with Gasteiger partial charge >= 0.3 is 11.9 Å². The van der Waals surface area contributed by atoms with Gasteiger partial charge in [0.2, 0.25) is 0 Å². The second kappa shape index (κ2) is 7.31. The zero-order valence-electron chi connectivity index (χ0n) is 14.8. The molecule has 1 aromatic heterocycles. The summed E-state index contributed by atoms with van der Waals surface area (Å²) >= 11 is 0. The van der Waals surface area contributed by atoms with Gasteiger partial charge in [-0.2, -0.15) is 0 Å². The summed E-state index contributed by atoms with van der Waals surface area (Å²) in [5, 5.41) is 0.125.